The number of ether oxygens (including phenoxy) is 2. The molecule has 14 nitrogen and oxygen atoms in total. The van der Waals surface area contributed by atoms with Gasteiger partial charge in [0.2, 0.25) is 11.8 Å². The number of aryl methyl sites for hydroxylation is 1. The van der Waals surface area contributed by atoms with Crippen LogP contribution in [0.1, 0.15) is 65.6 Å². The molecule has 1 aliphatic rings. The summed E-state index contributed by atoms with van der Waals surface area (Å²) in [5.74, 6) is 1.15. The smallest absolute Gasteiger partial charge is 0.407 e. The van der Waals surface area contributed by atoms with Gasteiger partial charge in [-0.1, -0.05) is 70.5 Å². The van der Waals surface area contributed by atoms with Crippen molar-refractivity contribution < 1.29 is 33.4 Å². The number of alkyl carbamates (subject to hydrolysis) is 1. The van der Waals surface area contributed by atoms with E-state index < -0.39 is 12.1 Å². The number of carbonyl (C=O) groups excluding carboxylic acids is 5. The summed E-state index contributed by atoms with van der Waals surface area (Å²) in [5.41, 5.74) is 5.19. The number of likely N-dealkylation sites (tertiary alicyclic amines) is 1. The minimum Gasteiger partial charge on any atom is -0.471 e. The number of nitrogens with one attached hydrogen (secondary N) is 5. The highest BCUT2D eigenvalue weighted by Crippen LogP contribution is 2.29. The third kappa shape index (κ3) is 16.9. The number of unbranched alkanes of at least 4 members (excludes halogenated alkanes) is 1. The van der Waals surface area contributed by atoms with E-state index >= 15 is 0 Å². The number of hydrogen-bond donors (Lipinski definition) is 5. The molecule has 0 bridgehead atoms. The molecule has 2 atom stereocenters. The van der Waals surface area contributed by atoms with Crippen LogP contribution < -0.4 is 21.3 Å². The number of benzene rings is 3. The van der Waals surface area contributed by atoms with Crippen molar-refractivity contribution in [1.82, 2.24) is 30.8 Å². The summed E-state index contributed by atoms with van der Waals surface area (Å²) in [6.45, 7) is 10.3. The van der Waals surface area contributed by atoms with Crippen molar-refractivity contribution in [2.75, 3.05) is 53.3 Å². The van der Waals surface area contributed by atoms with E-state index in [-0.39, 0.29) is 23.8 Å². The summed E-state index contributed by atoms with van der Waals surface area (Å²) in [5, 5.41) is 13.5. The average Bonchev–Trinajstić information content (AvgIpc) is 3.89. The van der Waals surface area contributed by atoms with E-state index in [9.17, 15) is 19.2 Å². The van der Waals surface area contributed by atoms with Gasteiger partial charge in [0, 0.05) is 24.2 Å². The van der Waals surface area contributed by atoms with Crippen molar-refractivity contribution in [2.24, 2.45) is 5.92 Å². The quantitative estimate of drug-likeness (QED) is 0.0670. The fraction of sp³-hybridized carbons (Fsp3) is 0.455. The molecule has 2 heterocycles. The lowest BCUT2D eigenvalue weighted by molar-refractivity contribution is -0.126. The number of methoxy groups -OCH3 is 2. The summed E-state index contributed by atoms with van der Waals surface area (Å²) in [4.78, 5) is 64.1. The molecule has 0 spiro atoms. The molecule has 0 aliphatic carbocycles. The normalized spacial score (nSPS) is 13.6. The Morgan fingerprint density at radius 2 is 1.57 bits per heavy atom. The van der Waals surface area contributed by atoms with Crippen molar-refractivity contribution in [3.8, 4) is 22.4 Å². The lowest BCUT2D eigenvalue weighted by atomic mass is 9.99. The van der Waals surface area contributed by atoms with Gasteiger partial charge in [0.15, 0.2) is 0 Å². The molecule has 4 aromatic rings. The van der Waals surface area contributed by atoms with Crippen LogP contribution in [0.2, 0.25) is 0 Å². The van der Waals surface area contributed by atoms with Crippen molar-refractivity contribution in [3.63, 3.8) is 0 Å². The van der Waals surface area contributed by atoms with Gasteiger partial charge in [0.1, 0.15) is 12.1 Å². The van der Waals surface area contributed by atoms with E-state index in [0.29, 0.717) is 25.8 Å². The molecule has 1 fully saturated rings. The first-order chi connectivity index (χ1) is 27.9. The van der Waals surface area contributed by atoms with Crippen molar-refractivity contribution in [3.05, 3.63) is 72.7 Å². The van der Waals surface area contributed by atoms with E-state index in [4.69, 9.17) is 4.79 Å². The third-order valence-electron chi connectivity index (χ3n) is 9.02. The van der Waals surface area contributed by atoms with E-state index in [1.54, 1.807) is 7.05 Å². The highest BCUT2D eigenvalue weighted by Gasteiger charge is 2.27. The second-order valence-electron chi connectivity index (χ2n) is 14.1. The van der Waals surface area contributed by atoms with E-state index in [0.717, 1.165) is 72.5 Å². The summed E-state index contributed by atoms with van der Waals surface area (Å²) < 4.78 is 8.18. The third-order valence-corrected chi connectivity index (χ3v) is 9.02. The first kappa shape index (κ1) is 48.5. The Morgan fingerprint density at radius 1 is 0.948 bits per heavy atom. The number of imidazole rings is 1. The summed E-state index contributed by atoms with van der Waals surface area (Å²) in [6, 6.07) is 20.5. The molecule has 1 aromatic heterocycles. The molecular formula is C44H63N7O7. The van der Waals surface area contributed by atoms with Crippen LogP contribution in [0.4, 0.5) is 10.5 Å². The van der Waals surface area contributed by atoms with Gasteiger partial charge in [-0.3, -0.25) is 19.3 Å². The number of rotatable bonds is 15. The Morgan fingerprint density at radius 3 is 2.12 bits per heavy atom. The minimum absolute atomic E-state index is 0.0252. The molecule has 14 heteroatoms. The topological polar surface area (TPSA) is 184 Å². The maximum absolute atomic E-state index is 12.6. The average molecular weight is 802 g/mol. The number of aromatic amines is 1. The predicted molar refractivity (Wildman–Crippen MR) is 230 cm³/mol. The highest BCUT2D eigenvalue weighted by molar-refractivity contribution is 5.95. The van der Waals surface area contributed by atoms with Gasteiger partial charge in [0.25, 0.3) is 6.47 Å². The van der Waals surface area contributed by atoms with Crippen LogP contribution in [0, 0.1) is 5.92 Å². The second-order valence-corrected chi connectivity index (χ2v) is 14.1. The maximum Gasteiger partial charge on any atom is 0.407 e. The Labute approximate surface area is 343 Å². The zero-order chi connectivity index (χ0) is 42.9. The van der Waals surface area contributed by atoms with Crippen molar-refractivity contribution in [2.45, 2.75) is 78.3 Å². The van der Waals surface area contributed by atoms with Gasteiger partial charge in [0.05, 0.1) is 44.7 Å². The Balaban J connectivity index is 0.000000541. The molecule has 0 saturated carbocycles. The Kier molecular flexibility index (Phi) is 22.7. The van der Waals surface area contributed by atoms with Gasteiger partial charge < -0.3 is 40.5 Å². The number of likely N-dealkylation sites (N-methyl/N-ethyl adjacent to an activating group) is 2. The SMILES string of the molecule is CCC.CNCC(=O)NCCCCc1ncc(-c2ccc3cc(-c4ccc(NC(=O)C5CCCN5C)cc4)ccc3c2)[nH]1.COC(=O)NC(C=O)C(C)C.COC=O. The zero-order valence-electron chi connectivity index (χ0n) is 35.4. The van der Waals surface area contributed by atoms with Crippen LogP contribution in [0.5, 0.6) is 0 Å². The molecule has 3 amide bonds. The number of nitrogens with zero attached hydrogens (tertiary/aromatic N) is 2. The van der Waals surface area contributed by atoms with E-state index in [1.807, 2.05) is 39.2 Å². The molecule has 0 radical (unpaired) electrons. The fourth-order valence-electron chi connectivity index (χ4n) is 5.86. The van der Waals surface area contributed by atoms with Crippen LogP contribution in [0.3, 0.4) is 0 Å². The number of carbonyl (C=O) groups is 5. The second kappa shape index (κ2) is 27.1. The zero-order valence-corrected chi connectivity index (χ0v) is 35.4. The largest absolute Gasteiger partial charge is 0.471 e. The molecular weight excluding hydrogens is 739 g/mol. The molecule has 5 N–H and O–H groups in total. The molecule has 5 rings (SSSR count). The molecule has 2 unspecified atom stereocenters. The number of H-pyrrole nitrogens is 1. The van der Waals surface area contributed by atoms with Crippen molar-refractivity contribution in [1.29, 1.82) is 0 Å². The van der Waals surface area contributed by atoms with Gasteiger partial charge in [-0.25, -0.2) is 9.78 Å². The van der Waals surface area contributed by atoms with Gasteiger partial charge >= 0.3 is 6.09 Å². The summed E-state index contributed by atoms with van der Waals surface area (Å²) >= 11 is 0. The molecule has 316 valence electrons. The lowest BCUT2D eigenvalue weighted by Crippen LogP contribution is -2.39. The van der Waals surface area contributed by atoms with Gasteiger partial charge in [-0.2, -0.15) is 0 Å². The maximum atomic E-state index is 12.6. The number of hydrogen-bond acceptors (Lipinski definition) is 10. The Hall–Kier alpha value is -5.60. The molecule has 58 heavy (non-hydrogen) atoms. The van der Waals surface area contributed by atoms with Crippen molar-refractivity contribution >= 4 is 47.1 Å². The van der Waals surface area contributed by atoms with Crippen LogP contribution >= 0.6 is 0 Å². The number of anilines is 1. The minimum atomic E-state index is -0.573. The first-order valence-electron chi connectivity index (χ1n) is 19.8. The summed E-state index contributed by atoms with van der Waals surface area (Å²) in [7, 11) is 6.35. The highest BCUT2D eigenvalue weighted by atomic mass is 16.5. The van der Waals surface area contributed by atoms with E-state index in [1.165, 1.54) is 31.4 Å². The molecule has 1 aliphatic heterocycles. The first-order valence-corrected chi connectivity index (χ1v) is 19.8. The standard InChI is InChI=1S/C32H38N6O2.C7H13NO3.C3H8.C2H4O2/c1-33-21-31(39)34-16-4-3-7-30-35-20-28(37-30)26-11-10-24-18-23(8-9-25(24)19-26)22-12-14-27(15-13-22)36-32(40)29-6-5-17-38(29)2;1-5(2)6(4-9)8-7(10)11-3;1-3-2;1-4-2-3/h8-15,18-20,29,33H,3-7,16-17,21H2,1-2H3,(H,34,39)(H,35,37)(H,36,40);4-6H,1-3H3,(H,8,10);3H2,1-2H3;2H,1H3. The van der Waals surface area contributed by atoms with Crippen LogP contribution in [0.25, 0.3) is 33.2 Å². The number of aromatic nitrogens is 2. The van der Waals surface area contributed by atoms with Crippen LogP contribution in [-0.4, -0.2) is 106 Å². The summed E-state index contributed by atoms with van der Waals surface area (Å²) in [6.07, 6.45) is 7.97. The van der Waals surface area contributed by atoms with E-state index in [2.05, 4.69) is 108 Å². The number of amides is 3. The lowest BCUT2D eigenvalue weighted by Gasteiger charge is -2.18. The predicted octanol–water partition coefficient (Wildman–Crippen LogP) is 6.36. The number of aldehydes is 1. The Bertz CT molecular complexity index is 1850. The van der Waals surface area contributed by atoms with Crippen LogP contribution in [0.15, 0.2) is 66.9 Å². The van der Waals surface area contributed by atoms with Gasteiger partial charge in [-0.15, -0.1) is 0 Å². The van der Waals surface area contributed by atoms with Crippen LogP contribution in [-0.2, 0) is 35.1 Å². The molecule has 3 aromatic carbocycles. The van der Waals surface area contributed by atoms with Gasteiger partial charge in [-0.05, 0) is 98.4 Å². The molecule has 1 saturated heterocycles. The fourth-order valence-corrected chi connectivity index (χ4v) is 5.86. The monoisotopic (exact) mass is 801 g/mol. The number of fused-ring (bicyclic) bond motifs is 1.